The van der Waals surface area contributed by atoms with Crippen LogP contribution in [-0.4, -0.2) is 48.1 Å². The number of carbonyl (C=O) groups is 1. The molecule has 9 heteroatoms. The van der Waals surface area contributed by atoms with Gasteiger partial charge in [0, 0.05) is 25.9 Å². The average molecular weight is 344 g/mol. The SMILES string of the molecule is CC(C)CNC(=O)CCc1nc(C2CCCN2S(C)(=O)=O)no1. The Balaban J connectivity index is 1.92. The van der Waals surface area contributed by atoms with Crippen LogP contribution in [0.5, 0.6) is 0 Å². The van der Waals surface area contributed by atoms with Gasteiger partial charge >= 0.3 is 0 Å². The third-order valence-electron chi connectivity index (χ3n) is 3.68. The lowest BCUT2D eigenvalue weighted by Gasteiger charge is -2.18. The molecule has 0 bridgehead atoms. The van der Waals surface area contributed by atoms with E-state index in [-0.39, 0.29) is 18.4 Å². The second kappa shape index (κ2) is 7.39. The molecular weight excluding hydrogens is 320 g/mol. The molecule has 1 amide bonds. The Labute approximate surface area is 136 Å². The first-order chi connectivity index (χ1) is 10.8. The first-order valence-electron chi connectivity index (χ1n) is 7.83. The highest BCUT2D eigenvalue weighted by molar-refractivity contribution is 7.88. The van der Waals surface area contributed by atoms with E-state index in [0.29, 0.717) is 43.6 Å². The molecule has 1 aliphatic heterocycles. The van der Waals surface area contributed by atoms with Gasteiger partial charge in [0.15, 0.2) is 5.82 Å². The lowest BCUT2D eigenvalue weighted by molar-refractivity contribution is -0.121. The van der Waals surface area contributed by atoms with Crippen LogP contribution in [0.25, 0.3) is 0 Å². The van der Waals surface area contributed by atoms with Gasteiger partial charge < -0.3 is 9.84 Å². The molecule has 1 aromatic heterocycles. The number of nitrogens with zero attached hydrogens (tertiary/aromatic N) is 3. The zero-order valence-corrected chi connectivity index (χ0v) is 14.6. The fourth-order valence-electron chi connectivity index (χ4n) is 2.53. The number of carbonyl (C=O) groups excluding carboxylic acids is 1. The van der Waals surface area contributed by atoms with Gasteiger partial charge in [-0.15, -0.1) is 0 Å². The minimum absolute atomic E-state index is 0.0583. The molecular formula is C14H24N4O4S. The van der Waals surface area contributed by atoms with E-state index in [4.69, 9.17) is 4.52 Å². The smallest absolute Gasteiger partial charge is 0.227 e. The van der Waals surface area contributed by atoms with Gasteiger partial charge in [-0.05, 0) is 18.8 Å². The topological polar surface area (TPSA) is 105 Å². The van der Waals surface area contributed by atoms with Gasteiger partial charge in [-0.25, -0.2) is 8.42 Å². The summed E-state index contributed by atoms with van der Waals surface area (Å²) in [7, 11) is -3.28. The lowest BCUT2D eigenvalue weighted by Crippen LogP contribution is -2.30. The summed E-state index contributed by atoms with van der Waals surface area (Å²) in [6.45, 7) is 5.17. The van der Waals surface area contributed by atoms with Gasteiger partial charge in [0.2, 0.25) is 21.8 Å². The quantitative estimate of drug-likeness (QED) is 0.787. The molecule has 130 valence electrons. The Morgan fingerprint density at radius 2 is 2.22 bits per heavy atom. The number of sulfonamides is 1. The van der Waals surface area contributed by atoms with Crippen molar-refractivity contribution >= 4 is 15.9 Å². The van der Waals surface area contributed by atoms with E-state index in [2.05, 4.69) is 15.5 Å². The van der Waals surface area contributed by atoms with Crippen molar-refractivity contribution < 1.29 is 17.7 Å². The number of aryl methyl sites for hydroxylation is 1. The summed E-state index contributed by atoms with van der Waals surface area (Å²) in [4.78, 5) is 15.9. The summed E-state index contributed by atoms with van der Waals surface area (Å²) in [6, 6.07) is -0.364. The summed E-state index contributed by atoms with van der Waals surface area (Å²) >= 11 is 0. The van der Waals surface area contributed by atoms with Crippen LogP contribution in [0.3, 0.4) is 0 Å². The van der Waals surface area contributed by atoms with Crippen molar-refractivity contribution in [2.75, 3.05) is 19.3 Å². The van der Waals surface area contributed by atoms with Crippen LogP contribution < -0.4 is 5.32 Å². The predicted molar refractivity (Wildman–Crippen MR) is 84.0 cm³/mol. The number of amides is 1. The largest absolute Gasteiger partial charge is 0.356 e. The maximum atomic E-state index is 11.8. The van der Waals surface area contributed by atoms with Crippen LogP contribution in [0.1, 0.15) is 50.9 Å². The summed E-state index contributed by atoms with van der Waals surface area (Å²) in [5, 5.41) is 6.72. The summed E-state index contributed by atoms with van der Waals surface area (Å²) < 4.78 is 30.1. The third-order valence-corrected chi connectivity index (χ3v) is 4.97. The van der Waals surface area contributed by atoms with E-state index in [1.54, 1.807) is 0 Å². The molecule has 0 spiro atoms. The molecule has 1 aliphatic rings. The Bertz CT molecular complexity index is 641. The van der Waals surface area contributed by atoms with Gasteiger partial charge in [0.25, 0.3) is 0 Å². The van der Waals surface area contributed by atoms with Gasteiger partial charge in [-0.1, -0.05) is 19.0 Å². The molecule has 1 fully saturated rings. The lowest BCUT2D eigenvalue weighted by atomic mass is 10.2. The number of hydrogen-bond acceptors (Lipinski definition) is 6. The van der Waals surface area contributed by atoms with Crippen molar-refractivity contribution in [1.82, 2.24) is 19.8 Å². The predicted octanol–water partition coefficient (Wildman–Crippen LogP) is 0.871. The van der Waals surface area contributed by atoms with E-state index in [1.165, 1.54) is 10.6 Å². The monoisotopic (exact) mass is 344 g/mol. The van der Waals surface area contributed by atoms with Crippen molar-refractivity contribution in [3.05, 3.63) is 11.7 Å². The molecule has 0 saturated carbocycles. The molecule has 0 radical (unpaired) electrons. The first-order valence-corrected chi connectivity index (χ1v) is 9.68. The van der Waals surface area contributed by atoms with E-state index in [9.17, 15) is 13.2 Å². The summed E-state index contributed by atoms with van der Waals surface area (Å²) in [5.41, 5.74) is 0. The maximum absolute atomic E-state index is 11.8. The van der Waals surface area contributed by atoms with Gasteiger partial charge in [0.05, 0.1) is 12.3 Å². The molecule has 1 atom stereocenters. The van der Waals surface area contributed by atoms with Crippen molar-refractivity contribution in [3.63, 3.8) is 0 Å². The van der Waals surface area contributed by atoms with Crippen LogP contribution in [0, 0.1) is 5.92 Å². The second-order valence-corrected chi connectivity index (χ2v) is 8.21. The number of aromatic nitrogens is 2. The molecule has 1 unspecified atom stereocenters. The van der Waals surface area contributed by atoms with Crippen molar-refractivity contribution in [1.29, 1.82) is 0 Å². The van der Waals surface area contributed by atoms with E-state index >= 15 is 0 Å². The standard InChI is InChI=1S/C14H24N4O4S/c1-10(2)9-15-12(19)6-7-13-16-14(17-22-13)11-5-4-8-18(11)23(3,20)21/h10-11H,4-9H2,1-3H3,(H,15,19). The molecule has 0 aliphatic carbocycles. The van der Waals surface area contributed by atoms with Crippen LogP contribution in [0.2, 0.25) is 0 Å². The van der Waals surface area contributed by atoms with Crippen molar-refractivity contribution in [2.24, 2.45) is 5.92 Å². The number of nitrogens with one attached hydrogen (secondary N) is 1. The highest BCUT2D eigenvalue weighted by atomic mass is 32.2. The van der Waals surface area contributed by atoms with Gasteiger partial charge in [0.1, 0.15) is 0 Å². The molecule has 1 aromatic rings. The van der Waals surface area contributed by atoms with Gasteiger partial charge in [-0.3, -0.25) is 4.79 Å². The Hall–Kier alpha value is -1.48. The minimum Gasteiger partial charge on any atom is -0.356 e. The fraction of sp³-hybridized carbons (Fsp3) is 0.786. The van der Waals surface area contributed by atoms with Crippen LogP contribution in [0.15, 0.2) is 4.52 Å². The fourth-order valence-corrected chi connectivity index (χ4v) is 3.65. The van der Waals surface area contributed by atoms with Crippen LogP contribution >= 0.6 is 0 Å². The molecule has 8 nitrogen and oxygen atoms in total. The first kappa shape index (κ1) is 17.9. The minimum atomic E-state index is -3.28. The van der Waals surface area contributed by atoms with Crippen molar-refractivity contribution in [3.8, 4) is 0 Å². The molecule has 2 rings (SSSR count). The molecule has 2 heterocycles. The highest BCUT2D eigenvalue weighted by Crippen LogP contribution is 2.32. The second-order valence-electron chi connectivity index (χ2n) is 6.28. The summed E-state index contributed by atoms with van der Waals surface area (Å²) in [5.74, 6) is 1.08. The number of hydrogen-bond donors (Lipinski definition) is 1. The maximum Gasteiger partial charge on any atom is 0.227 e. The Kier molecular flexibility index (Phi) is 5.74. The number of rotatable bonds is 7. The normalized spacial score (nSPS) is 19.4. The van der Waals surface area contributed by atoms with Crippen molar-refractivity contribution in [2.45, 2.75) is 45.6 Å². The van der Waals surface area contributed by atoms with E-state index in [1.807, 2.05) is 13.8 Å². The Morgan fingerprint density at radius 1 is 1.48 bits per heavy atom. The van der Waals surface area contributed by atoms with Gasteiger partial charge in [-0.2, -0.15) is 9.29 Å². The molecule has 23 heavy (non-hydrogen) atoms. The summed E-state index contributed by atoms with van der Waals surface area (Å²) in [6.07, 6.45) is 3.27. The average Bonchev–Trinajstić information content (AvgIpc) is 3.10. The Morgan fingerprint density at radius 3 is 2.87 bits per heavy atom. The van der Waals surface area contributed by atoms with E-state index < -0.39 is 10.0 Å². The van der Waals surface area contributed by atoms with Crippen LogP contribution in [-0.2, 0) is 21.2 Å². The molecule has 1 N–H and O–H groups in total. The van der Waals surface area contributed by atoms with Crippen LogP contribution in [0.4, 0.5) is 0 Å². The molecule has 0 aromatic carbocycles. The zero-order chi connectivity index (χ0) is 17.0. The third kappa shape index (κ3) is 5.00. The van der Waals surface area contributed by atoms with E-state index in [0.717, 1.165) is 6.42 Å². The zero-order valence-electron chi connectivity index (χ0n) is 13.8. The molecule has 1 saturated heterocycles. The highest BCUT2D eigenvalue weighted by Gasteiger charge is 2.35.